The summed E-state index contributed by atoms with van der Waals surface area (Å²) in [6.45, 7) is 1.69. The molecule has 0 spiro atoms. The summed E-state index contributed by atoms with van der Waals surface area (Å²) in [5.41, 5.74) is 5.45. The Balaban J connectivity index is 2.58. The Labute approximate surface area is 115 Å². The fourth-order valence-electron chi connectivity index (χ4n) is 1.87. The number of carbonyl (C=O) groups is 1. The van der Waals surface area contributed by atoms with Gasteiger partial charge in [0.05, 0.1) is 7.11 Å². The Morgan fingerprint density at radius 1 is 1.42 bits per heavy atom. The van der Waals surface area contributed by atoms with E-state index in [1.165, 1.54) is 13.4 Å². The lowest BCUT2D eigenvalue weighted by atomic mass is 9.80. The molecule has 100 valence electrons. The van der Waals surface area contributed by atoms with Crippen LogP contribution in [0.1, 0.15) is 18.2 Å². The van der Waals surface area contributed by atoms with E-state index in [0.717, 1.165) is 0 Å². The molecule has 1 atom stereocenters. The number of aromatic nitrogens is 1. The molecule has 5 nitrogen and oxygen atoms in total. The highest BCUT2D eigenvalue weighted by molar-refractivity contribution is 6.30. The van der Waals surface area contributed by atoms with Crippen molar-refractivity contribution in [1.29, 1.82) is 0 Å². The molecular formula is C13H13ClN2O3. The lowest BCUT2D eigenvalue weighted by molar-refractivity contribution is -0.145. The number of ether oxygens (including phenoxy) is 1. The molecule has 0 saturated carbocycles. The summed E-state index contributed by atoms with van der Waals surface area (Å²) in [7, 11) is 1.32. The molecule has 2 N–H and O–H groups in total. The monoisotopic (exact) mass is 280 g/mol. The average molecular weight is 281 g/mol. The maximum absolute atomic E-state index is 12.2. The van der Waals surface area contributed by atoms with E-state index < -0.39 is 11.4 Å². The van der Waals surface area contributed by atoms with Gasteiger partial charge in [0.15, 0.2) is 0 Å². The van der Waals surface area contributed by atoms with Crippen LogP contribution in [0.15, 0.2) is 34.9 Å². The minimum atomic E-state index is -1.10. The van der Waals surface area contributed by atoms with Crippen molar-refractivity contribution in [2.75, 3.05) is 12.8 Å². The van der Waals surface area contributed by atoms with Crippen molar-refractivity contribution >= 4 is 23.6 Å². The molecule has 0 fully saturated rings. The van der Waals surface area contributed by atoms with Gasteiger partial charge < -0.3 is 14.9 Å². The van der Waals surface area contributed by atoms with Crippen molar-refractivity contribution in [3.63, 3.8) is 0 Å². The second kappa shape index (κ2) is 4.93. The summed E-state index contributed by atoms with van der Waals surface area (Å²) in [6, 6.07) is 6.87. The lowest BCUT2D eigenvalue weighted by Gasteiger charge is -2.24. The van der Waals surface area contributed by atoms with E-state index in [1.54, 1.807) is 31.2 Å². The maximum atomic E-state index is 12.2. The van der Waals surface area contributed by atoms with Crippen molar-refractivity contribution in [2.24, 2.45) is 0 Å². The minimum absolute atomic E-state index is 0.000841. The zero-order valence-electron chi connectivity index (χ0n) is 10.5. The summed E-state index contributed by atoms with van der Waals surface area (Å²) >= 11 is 5.86. The molecular weight excluding hydrogens is 268 g/mol. The lowest BCUT2D eigenvalue weighted by Crippen LogP contribution is -2.35. The average Bonchev–Trinajstić information content (AvgIpc) is 2.84. The van der Waals surface area contributed by atoms with Gasteiger partial charge in [0.25, 0.3) is 6.01 Å². The van der Waals surface area contributed by atoms with Crippen molar-refractivity contribution in [1.82, 2.24) is 4.98 Å². The topological polar surface area (TPSA) is 78.3 Å². The van der Waals surface area contributed by atoms with Gasteiger partial charge in [0, 0.05) is 5.02 Å². The van der Waals surface area contributed by atoms with Gasteiger partial charge in [-0.1, -0.05) is 23.7 Å². The summed E-state index contributed by atoms with van der Waals surface area (Å²) in [6.07, 6.45) is 1.35. The van der Waals surface area contributed by atoms with Crippen LogP contribution in [0, 0.1) is 0 Å². The molecule has 1 heterocycles. The van der Waals surface area contributed by atoms with E-state index in [9.17, 15) is 4.79 Å². The number of hydrogen-bond acceptors (Lipinski definition) is 5. The molecule has 6 heteroatoms. The number of oxazole rings is 1. The minimum Gasteiger partial charge on any atom is -0.468 e. The van der Waals surface area contributed by atoms with Crippen LogP contribution in [-0.4, -0.2) is 18.1 Å². The largest absolute Gasteiger partial charge is 0.468 e. The Hall–Kier alpha value is -2.01. The van der Waals surface area contributed by atoms with Crippen LogP contribution in [0.3, 0.4) is 0 Å². The first kappa shape index (κ1) is 13.4. The molecule has 0 aliphatic carbocycles. The molecule has 0 radical (unpaired) electrons. The highest BCUT2D eigenvalue weighted by atomic mass is 35.5. The Morgan fingerprint density at radius 2 is 2.05 bits per heavy atom. The third kappa shape index (κ3) is 2.29. The van der Waals surface area contributed by atoms with E-state index in [1.807, 2.05) is 0 Å². The molecule has 1 unspecified atom stereocenters. The molecule has 0 saturated heterocycles. The molecule has 0 aliphatic heterocycles. The van der Waals surface area contributed by atoms with E-state index >= 15 is 0 Å². The number of nitrogens with two attached hydrogens (primary N) is 1. The summed E-state index contributed by atoms with van der Waals surface area (Å²) < 4.78 is 9.85. The number of halogens is 1. The maximum Gasteiger partial charge on any atom is 0.322 e. The van der Waals surface area contributed by atoms with Gasteiger partial charge in [-0.2, -0.15) is 4.98 Å². The number of nitrogens with zero attached hydrogens (tertiary/aromatic N) is 1. The second-order valence-corrected chi connectivity index (χ2v) is 4.63. The number of carbonyl (C=O) groups excluding carboxylic acids is 1. The second-order valence-electron chi connectivity index (χ2n) is 4.19. The van der Waals surface area contributed by atoms with Gasteiger partial charge in [0.2, 0.25) is 0 Å². The van der Waals surface area contributed by atoms with Crippen LogP contribution in [0.5, 0.6) is 0 Å². The Kier molecular flexibility index (Phi) is 3.48. The normalized spacial score (nSPS) is 13.8. The Morgan fingerprint density at radius 3 is 2.53 bits per heavy atom. The van der Waals surface area contributed by atoms with Gasteiger partial charge in [-0.15, -0.1) is 0 Å². The van der Waals surface area contributed by atoms with Crippen LogP contribution >= 0.6 is 11.6 Å². The van der Waals surface area contributed by atoms with E-state index in [2.05, 4.69) is 4.98 Å². The van der Waals surface area contributed by atoms with Crippen LogP contribution in [0.25, 0.3) is 0 Å². The molecule has 0 amide bonds. The highest BCUT2D eigenvalue weighted by Gasteiger charge is 2.41. The van der Waals surface area contributed by atoms with E-state index in [4.69, 9.17) is 26.5 Å². The van der Waals surface area contributed by atoms with Gasteiger partial charge in [0.1, 0.15) is 17.4 Å². The molecule has 2 rings (SSSR count). The summed E-state index contributed by atoms with van der Waals surface area (Å²) in [4.78, 5) is 16.2. The number of methoxy groups -OCH3 is 1. The predicted octanol–water partition coefficient (Wildman–Crippen LogP) is 2.39. The SMILES string of the molecule is COC(=O)C(C)(c1ccc(Cl)cc1)c1coc(N)n1. The quantitative estimate of drug-likeness (QED) is 0.874. The number of rotatable bonds is 3. The fourth-order valence-corrected chi connectivity index (χ4v) is 2.00. The number of nitrogen functional groups attached to an aromatic ring is 1. The van der Waals surface area contributed by atoms with Gasteiger partial charge in [-0.3, -0.25) is 4.79 Å². The van der Waals surface area contributed by atoms with Crippen molar-refractivity contribution in [2.45, 2.75) is 12.3 Å². The fraction of sp³-hybridized carbons (Fsp3) is 0.231. The van der Waals surface area contributed by atoms with Crippen molar-refractivity contribution in [3.05, 3.63) is 46.8 Å². The Bertz CT molecular complexity index is 594. The number of hydrogen-bond donors (Lipinski definition) is 1. The molecule has 0 bridgehead atoms. The number of anilines is 1. The van der Waals surface area contributed by atoms with Crippen LogP contribution in [0.2, 0.25) is 5.02 Å². The smallest absolute Gasteiger partial charge is 0.322 e. The van der Waals surface area contributed by atoms with Crippen molar-refractivity contribution in [3.8, 4) is 0 Å². The molecule has 2 aromatic rings. The standard InChI is InChI=1S/C13H13ClN2O3/c1-13(11(17)18-2,10-7-19-12(15)16-10)8-3-5-9(14)6-4-8/h3-7H,1-2H3,(H2,15,16). The third-order valence-electron chi connectivity index (χ3n) is 3.05. The molecule has 1 aromatic heterocycles. The van der Waals surface area contributed by atoms with Gasteiger partial charge >= 0.3 is 5.97 Å². The van der Waals surface area contributed by atoms with Crippen LogP contribution < -0.4 is 5.73 Å². The van der Waals surface area contributed by atoms with E-state index in [0.29, 0.717) is 16.3 Å². The zero-order chi connectivity index (χ0) is 14.0. The van der Waals surface area contributed by atoms with Gasteiger partial charge in [-0.05, 0) is 24.6 Å². The third-order valence-corrected chi connectivity index (χ3v) is 3.30. The van der Waals surface area contributed by atoms with Crippen LogP contribution in [-0.2, 0) is 14.9 Å². The zero-order valence-corrected chi connectivity index (χ0v) is 11.3. The number of esters is 1. The highest BCUT2D eigenvalue weighted by Crippen LogP contribution is 2.33. The molecule has 1 aromatic carbocycles. The molecule has 19 heavy (non-hydrogen) atoms. The van der Waals surface area contributed by atoms with Crippen LogP contribution in [0.4, 0.5) is 6.01 Å². The summed E-state index contributed by atoms with van der Waals surface area (Å²) in [5, 5.41) is 0.579. The van der Waals surface area contributed by atoms with Crippen molar-refractivity contribution < 1.29 is 13.9 Å². The number of benzene rings is 1. The first-order valence-corrected chi connectivity index (χ1v) is 5.92. The predicted molar refractivity (Wildman–Crippen MR) is 70.8 cm³/mol. The first-order valence-electron chi connectivity index (χ1n) is 5.54. The molecule has 0 aliphatic rings. The van der Waals surface area contributed by atoms with E-state index in [-0.39, 0.29) is 6.01 Å². The van der Waals surface area contributed by atoms with Gasteiger partial charge in [-0.25, -0.2) is 0 Å². The summed E-state index contributed by atoms with van der Waals surface area (Å²) in [5.74, 6) is -0.455. The first-order chi connectivity index (χ1) is 8.98.